The van der Waals surface area contributed by atoms with Crippen molar-refractivity contribution in [2.45, 2.75) is 18.6 Å². The van der Waals surface area contributed by atoms with Gasteiger partial charge in [0.2, 0.25) is 0 Å². The molecule has 0 bridgehead atoms. The number of benzene rings is 1. The summed E-state index contributed by atoms with van der Waals surface area (Å²) in [6.45, 7) is 1.67. The van der Waals surface area contributed by atoms with Crippen molar-refractivity contribution < 1.29 is 9.13 Å². The molecule has 1 aromatic rings. The number of anilines is 1. The van der Waals surface area contributed by atoms with Gasteiger partial charge in [0.05, 0.1) is 11.8 Å². The van der Waals surface area contributed by atoms with Gasteiger partial charge in [-0.05, 0) is 18.6 Å². The molecule has 1 aliphatic rings. The third kappa shape index (κ3) is 2.96. The first kappa shape index (κ1) is 12.3. The van der Waals surface area contributed by atoms with E-state index in [1.807, 2.05) is 18.0 Å². The van der Waals surface area contributed by atoms with Crippen LogP contribution in [0.3, 0.4) is 0 Å². The van der Waals surface area contributed by atoms with E-state index in [9.17, 15) is 4.39 Å². The van der Waals surface area contributed by atoms with E-state index >= 15 is 0 Å². The Bertz CT molecular complexity index is 372. The normalized spacial score (nSPS) is 23.9. The van der Waals surface area contributed by atoms with Crippen LogP contribution in [0.5, 0.6) is 0 Å². The molecule has 1 N–H and O–H groups in total. The predicted molar refractivity (Wildman–Crippen MR) is 66.9 cm³/mol. The molecule has 94 valence electrons. The van der Waals surface area contributed by atoms with E-state index in [-0.39, 0.29) is 11.9 Å². The van der Waals surface area contributed by atoms with Crippen molar-refractivity contribution in [1.29, 1.82) is 0 Å². The smallest absolute Gasteiger partial charge is 0.146 e. The van der Waals surface area contributed by atoms with Gasteiger partial charge in [0.15, 0.2) is 0 Å². The van der Waals surface area contributed by atoms with Gasteiger partial charge in [-0.25, -0.2) is 4.39 Å². The Morgan fingerprint density at radius 1 is 1.47 bits per heavy atom. The average Bonchev–Trinajstić information content (AvgIpc) is 2.77. The molecular formula is C13H19FN2O. The highest BCUT2D eigenvalue weighted by Crippen LogP contribution is 2.19. The minimum Gasteiger partial charge on any atom is -0.380 e. The van der Waals surface area contributed by atoms with Crippen LogP contribution in [0.2, 0.25) is 0 Å². The molecule has 0 spiro atoms. The summed E-state index contributed by atoms with van der Waals surface area (Å²) < 4.78 is 18.9. The number of nitrogens with one attached hydrogen (secondary N) is 1. The van der Waals surface area contributed by atoms with Crippen molar-refractivity contribution in [3.05, 3.63) is 30.1 Å². The third-order valence-electron chi connectivity index (χ3n) is 3.27. The van der Waals surface area contributed by atoms with Gasteiger partial charge in [0.25, 0.3) is 0 Å². The Kier molecular flexibility index (Phi) is 3.97. The van der Waals surface area contributed by atoms with Crippen molar-refractivity contribution >= 4 is 5.69 Å². The van der Waals surface area contributed by atoms with Gasteiger partial charge in [0.1, 0.15) is 5.82 Å². The summed E-state index contributed by atoms with van der Waals surface area (Å²) in [5, 5.41) is 3.39. The number of nitrogens with zero attached hydrogens (tertiary/aromatic N) is 1. The summed E-state index contributed by atoms with van der Waals surface area (Å²) in [4.78, 5) is 1.95. The Hall–Kier alpha value is -1.13. The molecule has 1 aromatic carbocycles. The molecule has 1 saturated heterocycles. The van der Waals surface area contributed by atoms with E-state index in [1.165, 1.54) is 6.07 Å². The highest BCUT2D eigenvalue weighted by atomic mass is 19.1. The van der Waals surface area contributed by atoms with E-state index < -0.39 is 0 Å². The van der Waals surface area contributed by atoms with Gasteiger partial charge in [-0.2, -0.15) is 0 Å². The molecule has 4 heteroatoms. The van der Waals surface area contributed by atoms with Crippen LogP contribution in [-0.2, 0) is 4.74 Å². The topological polar surface area (TPSA) is 24.5 Å². The van der Waals surface area contributed by atoms with Gasteiger partial charge in [-0.15, -0.1) is 0 Å². The van der Waals surface area contributed by atoms with Crippen LogP contribution in [0.1, 0.15) is 6.42 Å². The third-order valence-corrected chi connectivity index (χ3v) is 3.27. The first-order valence-electron chi connectivity index (χ1n) is 5.92. The fourth-order valence-corrected chi connectivity index (χ4v) is 2.29. The zero-order valence-corrected chi connectivity index (χ0v) is 10.3. The summed E-state index contributed by atoms with van der Waals surface area (Å²) >= 11 is 0. The van der Waals surface area contributed by atoms with Gasteiger partial charge < -0.3 is 15.0 Å². The minimum absolute atomic E-state index is 0.170. The molecule has 2 atom stereocenters. The van der Waals surface area contributed by atoms with Crippen LogP contribution < -0.4 is 10.2 Å². The SMILES string of the molecule is COC1CNC(CN(C)c2ccccc2F)C1. The van der Waals surface area contributed by atoms with Crippen LogP contribution >= 0.6 is 0 Å². The summed E-state index contributed by atoms with van der Waals surface area (Å²) in [7, 11) is 3.65. The first-order chi connectivity index (χ1) is 8.20. The van der Waals surface area contributed by atoms with Crippen molar-refractivity contribution in [2.75, 3.05) is 32.1 Å². The average molecular weight is 238 g/mol. The first-order valence-corrected chi connectivity index (χ1v) is 5.92. The molecule has 2 rings (SSSR count). The lowest BCUT2D eigenvalue weighted by atomic mass is 10.2. The Morgan fingerprint density at radius 2 is 2.24 bits per heavy atom. The number of likely N-dealkylation sites (N-methyl/N-ethyl adjacent to an activating group) is 1. The lowest BCUT2D eigenvalue weighted by Crippen LogP contribution is -2.35. The van der Waals surface area contributed by atoms with Crippen LogP contribution in [0.15, 0.2) is 24.3 Å². The predicted octanol–water partition coefficient (Wildman–Crippen LogP) is 1.64. The monoisotopic (exact) mass is 238 g/mol. The lowest BCUT2D eigenvalue weighted by molar-refractivity contribution is 0.117. The number of methoxy groups -OCH3 is 1. The van der Waals surface area contributed by atoms with Crippen LogP contribution in [-0.4, -0.2) is 39.4 Å². The zero-order valence-electron chi connectivity index (χ0n) is 10.3. The highest BCUT2D eigenvalue weighted by molar-refractivity contribution is 5.46. The van der Waals surface area contributed by atoms with Crippen LogP contribution in [0.25, 0.3) is 0 Å². The summed E-state index contributed by atoms with van der Waals surface area (Å²) in [5.41, 5.74) is 0.648. The Balaban J connectivity index is 1.94. The second-order valence-corrected chi connectivity index (χ2v) is 4.53. The van der Waals surface area contributed by atoms with Crippen LogP contribution in [0.4, 0.5) is 10.1 Å². The van der Waals surface area contributed by atoms with Crippen molar-refractivity contribution in [3.8, 4) is 0 Å². The number of para-hydroxylation sites is 1. The van der Waals surface area contributed by atoms with E-state index in [0.717, 1.165) is 19.5 Å². The maximum Gasteiger partial charge on any atom is 0.146 e. The number of rotatable bonds is 4. The number of halogens is 1. The van der Waals surface area contributed by atoms with Crippen molar-refractivity contribution in [2.24, 2.45) is 0 Å². The lowest BCUT2D eigenvalue weighted by Gasteiger charge is -2.23. The number of ether oxygens (including phenoxy) is 1. The second kappa shape index (κ2) is 5.47. The fraction of sp³-hybridized carbons (Fsp3) is 0.538. The molecule has 0 amide bonds. The molecule has 0 aliphatic carbocycles. The highest BCUT2D eigenvalue weighted by Gasteiger charge is 2.25. The Labute approximate surface area is 102 Å². The van der Waals surface area contributed by atoms with E-state index in [2.05, 4.69) is 5.32 Å². The molecule has 17 heavy (non-hydrogen) atoms. The Morgan fingerprint density at radius 3 is 2.88 bits per heavy atom. The van der Waals surface area contributed by atoms with Gasteiger partial charge >= 0.3 is 0 Å². The minimum atomic E-state index is -0.170. The molecule has 1 aliphatic heterocycles. The maximum atomic E-state index is 13.6. The van der Waals surface area contributed by atoms with Crippen LogP contribution in [0, 0.1) is 5.82 Å². The van der Waals surface area contributed by atoms with Gasteiger partial charge in [0, 0.05) is 33.3 Å². The van der Waals surface area contributed by atoms with Crippen molar-refractivity contribution in [3.63, 3.8) is 0 Å². The van der Waals surface area contributed by atoms with E-state index in [4.69, 9.17) is 4.74 Å². The number of hydrogen-bond donors (Lipinski definition) is 1. The molecular weight excluding hydrogens is 219 g/mol. The number of hydrogen-bond acceptors (Lipinski definition) is 3. The molecule has 0 aromatic heterocycles. The molecule has 3 nitrogen and oxygen atoms in total. The summed E-state index contributed by atoms with van der Waals surface area (Å²) in [5.74, 6) is -0.170. The largest absolute Gasteiger partial charge is 0.380 e. The molecule has 2 unspecified atom stereocenters. The summed E-state index contributed by atoms with van der Waals surface area (Å²) in [6.07, 6.45) is 1.27. The molecule has 1 fully saturated rings. The summed E-state index contributed by atoms with van der Waals surface area (Å²) in [6, 6.07) is 7.23. The van der Waals surface area contributed by atoms with Crippen molar-refractivity contribution in [1.82, 2.24) is 5.32 Å². The zero-order chi connectivity index (χ0) is 12.3. The fourth-order valence-electron chi connectivity index (χ4n) is 2.29. The van der Waals surface area contributed by atoms with E-state index in [0.29, 0.717) is 11.7 Å². The van der Waals surface area contributed by atoms with E-state index in [1.54, 1.807) is 19.2 Å². The molecule has 1 heterocycles. The van der Waals surface area contributed by atoms with Gasteiger partial charge in [-0.3, -0.25) is 0 Å². The van der Waals surface area contributed by atoms with Gasteiger partial charge in [-0.1, -0.05) is 12.1 Å². The molecule has 0 saturated carbocycles. The maximum absolute atomic E-state index is 13.6. The standard InChI is InChI=1S/C13H19FN2O/c1-16(13-6-4-3-5-12(13)14)9-10-7-11(17-2)8-15-10/h3-6,10-11,15H,7-9H2,1-2H3. The molecule has 0 radical (unpaired) electrons. The second-order valence-electron chi connectivity index (χ2n) is 4.53. The quantitative estimate of drug-likeness (QED) is 0.863.